The molecule has 0 radical (unpaired) electrons. The van der Waals surface area contributed by atoms with E-state index in [4.69, 9.17) is 16.3 Å². The first kappa shape index (κ1) is 19.2. The van der Waals surface area contributed by atoms with Crippen molar-refractivity contribution in [1.82, 2.24) is 4.98 Å². The molecule has 2 aromatic carbocycles. The predicted molar refractivity (Wildman–Crippen MR) is 114 cm³/mol. The summed E-state index contributed by atoms with van der Waals surface area (Å²) in [6, 6.07) is 13.8. The minimum atomic E-state index is -0.792. The molecule has 0 fully saturated rings. The van der Waals surface area contributed by atoms with Crippen molar-refractivity contribution in [2.75, 3.05) is 12.1 Å². The van der Waals surface area contributed by atoms with Gasteiger partial charge in [-0.15, -0.1) is 11.3 Å². The average molecular weight is 426 g/mol. The van der Waals surface area contributed by atoms with Crippen molar-refractivity contribution >= 4 is 45.4 Å². The minimum absolute atomic E-state index is 0.297. The molecule has 146 valence electrons. The smallest absolute Gasteiger partial charge is 0.282 e. The first-order valence-electron chi connectivity index (χ1n) is 8.71. The molecule has 1 aromatic heterocycles. The van der Waals surface area contributed by atoms with Crippen LogP contribution in [0.15, 0.2) is 69.2 Å². The summed E-state index contributed by atoms with van der Waals surface area (Å²) in [6.45, 7) is 1.74. The molecular formula is C20H16ClN5O2S. The first-order valence-corrected chi connectivity index (χ1v) is 9.97. The molecule has 0 saturated heterocycles. The molecule has 1 amide bonds. The van der Waals surface area contributed by atoms with Crippen LogP contribution in [0.25, 0.3) is 11.3 Å². The fraction of sp³-hybridized carbons (Fsp3) is 0.150. The number of amides is 1. The van der Waals surface area contributed by atoms with E-state index in [9.17, 15) is 4.79 Å². The van der Waals surface area contributed by atoms with Gasteiger partial charge in [0.2, 0.25) is 5.13 Å². The van der Waals surface area contributed by atoms with Crippen molar-refractivity contribution < 1.29 is 9.53 Å². The Kier molecular flexibility index (Phi) is 5.37. The highest BCUT2D eigenvalue weighted by molar-refractivity contribution is 7.14. The lowest BCUT2D eigenvalue weighted by atomic mass is 10.2. The summed E-state index contributed by atoms with van der Waals surface area (Å²) >= 11 is 7.43. The third kappa shape index (κ3) is 3.90. The number of aromatic nitrogens is 1. The van der Waals surface area contributed by atoms with E-state index in [1.54, 1.807) is 38.3 Å². The monoisotopic (exact) mass is 425 g/mol. The molecule has 3 aromatic rings. The van der Waals surface area contributed by atoms with E-state index in [1.165, 1.54) is 16.3 Å². The molecule has 1 unspecified atom stereocenters. The van der Waals surface area contributed by atoms with Gasteiger partial charge in [-0.2, -0.15) is 20.3 Å². The quantitative estimate of drug-likeness (QED) is 0.517. The standard InChI is InChI=1S/C20H16ClN5O2S/c1-12-18(24-23-16-6-4-3-5-15(16)21)19(27)26(25-12)20-22-17(11-29-20)13-7-9-14(28-2)10-8-13/h3-11,18H,1-2H3. The lowest BCUT2D eigenvalue weighted by Crippen LogP contribution is -2.29. The number of hydrazone groups is 1. The molecule has 0 aliphatic carbocycles. The van der Waals surface area contributed by atoms with Gasteiger partial charge in [0.15, 0.2) is 6.04 Å². The lowest BCUT2D eigenvalue weighted by molar-refractivity contribution is -0.117. The zero-order valence-electron chi connectivity index (χ0n) is 15.6. The van der Waals surface area contributed by atoms with Crippen molar-refractivity contribution in [3.05, 3.63) is 58.9 Å². The highest BCUT2D eigenvalue weighted by atomic mass is 35.5. The van der Waals surface area contributed by atoms with Crippen molar-refractivity contribution in [3.63, 3.8) is 0 Å². The van der Waals surface area contributed by atoms with Crippen LogP contribution in [0.4, 0.5) is 10.8 Å². The van der Waals surface area contributed by atoms with E-state index < -0.39 is 6.04 Å². The minimum Gasteiger partial charge on any atom is -0.497 e. The Bertz CT molecular complexity index is 1110. The first-order chi connectivity index (χ1) is 14.1. The Balaban J connectivity index is 1.54. The summed E-state index contributed by atoms with van der Waals surface area (Å²) in [5, 5.41) is 16.7. The van der Waals surface area contributed by atoms with Gasteiger partial charge in [0, 0.05) is 10.9 Å². The maximum absolute atomic E-state index is 12.8. The van der Waals surface area contributed by atoms with Gasteiger partial charge in [-0.25, -0.2) is 4.98 Å². The molecule has 9 heteroatoms. The van der Waals surface area contributed by atoms with Gasteiger partial charge >= 0.3 is 0 Å². The molecule has 1 aliphatic rings. The number of ether oxygens (including phenoxy) is 1. The number of anilines is 1. The zero-order valence-corrected chi connectivity index (χ0v) is 17.2. The van der Waals surface area contributed by atoms with E-state index in [0.29, 0.717) is 21.6 Å². The maximum atomic E-state index is 12.8. The number of rotatable bonds is 5. The van der Waals surface area contributed by atoms with Crippen LogP contribution in [0.3, 0.4) is 0 Å². The van der Waals surface area contributed by atoms with Crippen LogP contribution >= 0.6 is 22.9 Å². The van der Waals surface area contributed by atoms with Gasteiger partial charge in [-0.3, -0.25) is 4.79 Å². The van der Waals surface area contributed by atoms with Crippen LogP contribution in [-0.2, 0) is 4.79 Å². The summed E-state index contributed by atoms with van der Waals surface area (Å²) in [5.41, 5.74) is 2.74. The van der Waals surface area contributed by atoms with Crippen LogP contribution in [0.5, 0.6) is 5.75 Å². The molecule has 0 spiro atoms. The Labute approximate surface area is 176 Å². The average Bonchev–Trinajstić information content (AvgIpc) is 3.33. The number of hydrogen-bond acceptors (Lipinski definition) is 7. The number of azo groups is 1. The van der Waals surface area contributed by atoms with Crippen LogP contribution in [0.1, 0.15) is 6.92 Å². The van der Waals surface area contributed by atoms with Crippen LogP contribution < -0.4 is 9.75 Å². The van der Waals surface area contributed by atoms with Gasteiger partial charge < -0.3 is 4.74 Å². The number of methoxy groups -OCH3 is 1. The molecule has 29 heavy (non-hydrogen) atoms. The fourth-order valence-corrected chi connectivity index (χ4v) is 3.70. The topological polar surface area (TPSA) is 79.5 Å². The Morgan fingerprint density at radius 3 is 2.66 bits per heavy atom. The number of carbonyl (C=O) groups is 1. The van der Waals surface area contributed by atoms with E-state index >= 15 is 0 Å². The number of benzene rings is 2. The summed E-state index contributed by atoms with van der Waals surface area (Å²) in [7, 11) is 1.62. The second kappa shape index (κ2) is 8.10. The van der Waals surface area contributed by atoms with Gasteiger partial charge in [-0.1, -0.05) is 23.7 Å². The molecule has 2 heterocycles. The fourth-order valence-electron chi connectivity index (χ4n) is 2.73. The maximum Gasteiger partial charge on any atom is 0.282 e. The molecule has 7 nitrogen and oxygen atoms in total. The van der Waals surface area contributed by atoms with Crippen molar-refractivity contribution in [2.45, 2.75) is 13.0 Å². The van der Waals surface area contributed by atoms with E-state index in [2.05, 4.69) is 20.3 Å². The highest BCUT2D eigenvalue weighted by Crippen LogP contribution is 2.32. The van der Waals surface area contributed by atoms with E-state index in [0.717, 1.165) is 17.0 Å². The Morgan fingerprint density at radius 1 is 1.17 bits per heavy atom. The molecule has 4 rings (SSSR count). The van der Waals surface area contributed by atoms with Crippen molar-refractivity contribution in [1.29, 1.82) is 0 Å². The third-order valence-corrected chi connectivity index (χ3v) is 5.42. The number of carbonyl (C=O) groups excluding carboxylic acids is 1. The largest absolute Gasteiger partial charge is 0.497 e. The Morgan fingerprint density at radius 2 is 1.93 bits per heavy atom. The number of nitrogens with zero attached hydrogens (tertiary/aromatic N) is 5. The molecule has 0 saturated carbocycles. The molecule has 0 bridgehead atoms. The second-order valence-electron chi connectivity index (χ2n) is 6.20. The van der Waals surface area contributed by atoms with Crippen molar-refractivity contribution in [3.8, 4) is 17.0 Å². The summed E-state index contributed by atoms with van der Waals surface area (Å²) in [5.74, 6) is 0.472. The number of thiazole rings is 1. The Hall–Kier alpha value is -3.10. The van der Waals surface area contributed by atoms with Crippen LogP contribution in [0.2, 0.25) is 5.02 Å². The summed E-state index contributed by atoms with van der Waals surface area (Å²) < 4.78 is 5.18. The molecule has 1 aliphatic heterocycles. The lowest BCUT2D eigenvalue weighted by Gasteiger charge is -2.08. The third-order valence-electron chi connectivity index (χ3n) is 4.29. The predicted octanol–water partition coefficient (Wildman–Crippen LogP) is 5.35. The van der Waals surface area contributed by atoms with E-state index in [1.807, 2.05) is 29.6 Å². The molecular weight excluding hydrogens is 410 g/mol. The number of hydrogen-bond donors (Lipinski definition) is 0. The summed E-state index contributed by atoms with van der Waals surface area (Å²) in [6.07, 6.45) is 0. The highest BCUT2D eigenvalue weighted by Gasteiger charge is 2.36. The van der Waals surface area contributed by atoms with Crippen LogP contribution in [-0.4, -0.2) is 29.8 Å². The van der Waals surface area contributed by atoms with Gasteiger partial charge in [0.05, 0.1) is 23.5 Å². The van der Waals surface area contributed by atoms with Gasteiger partial charge in [0.25, 0.3) is 5.91 Å². The van der Waals surface area contributed by atoms with Crippen LogP contribution in [0, 0.1) is 0 Å². The molecule has 0 N–H and O–H groups in total. The molecule has 1 atom stereocenters. The second-order valence-corrected chi connectivity index (χ2v) is 7.45. The van der Waals surface area contributed by atoms with E-state index in [-0.39, 0.29) is 5.91 Å². The zero-order chi connectivity index (χ0) is 20.4. The SMILES string of the molecule is COc1ccc(-c2csc(N3N=C(C)C(N=Nc4ccccc4Cl)C3=O)n2)cc1. The van der Waals surface area contributed by atoms with Gasteiger partial charge in [-0.05, 0) is 43.3 Å². The van der Waals surface area contributed by atoms with Gasteiger partial charge in [0.1, 0.15) is 11.4 Å². The number of halogens is 1. The van der Waals surface area contributed by atoms with Crippen molar-refractivity contribution in [2.24, 2.45) is 15.3 Å². The normalized spacial score (nSPS) is 16.5. The summed E-state index contributed by atoms with van der Waals surface area (Å²) in [4.78, 5) is 17.4.